The molecule has 3 aliphatic rings. The Labute approximate surface area is 240 Å². The number of esters is 1. The molecule has 11 heteroatoms. The van der Waals surface area contributed by atoms with E-state index in [0.717, 1.165) is 54.1 Å². The molecule has 2 aromatic carbocycles. The molecule has 6 rings (SSSR count). The van der Waals surface area contributed by atoms with Crippen molar-refractivity contribution in [1.82, 2.24) is 5.16 Å². The molecule has 0 radical (unpaired) electrons. The molecule has 0 spiro atoms. The lowest BCUT2D eigenvalue weighted by molar-refractivity contribution is -0.139. The predicted octanol–water partition coefficient (Wildman–Crippen LogP) is 5.98. The quantitative estimate of drug-likeness (QED) is 0.213. The third kappa shape index (κ3) is 5.06. The van der Waals surface area contributed by atoms with Crippen LogP contribution in [0.5, 0.6) is 0 Å². The summed E-state index contributed by atoms with van der Waals surface area (Å²) >= 11 is 13.0. The minimum absolute atomic E-state index is 0.0318. The highest BCUT2D eigenvalue weighted by Crippen LogP contribution is 2.47. The van der Waals surface area contributed by atoms with E-state index in [2.05, 4.69) is 14.8 Å². The topological polar surface area (TPSA) is 85.1 Å². The number of anilines is 2. The van der Waals surface area contributed by atoms with Crippen LogP contribution in [0.4, 0.5) is 15.8 Å². The van der Waals surface area contributed by atoms with Crippen molar-refractivity contribution in [3.8, 4) is 11.3 Å². The molecule has 3 aromatic rings. The van der Waals surface area contributed by atoms with Gasteiger partial charge in [-0.1, -0.05) is 34.4 Å². The number of benzene rings is 2. The first-order valence-corrected chi connectivity index (χ1v) is 14.0. The fourth-order valence-electron chi connectivity index (χ4n) is 5.96. The summed E-state index contributed by atoms with van der Waals surface area (Å²) in [7, 11) is 1.22. The fraction of sp³-hybridized carbons (Fsp3) is 0.414. The van der Waals surface area contributed by atoms with Gasteiger partial charge in [0.15, 0.2) is 0 Å². The third-order valence-electron chi connectivity index (χ3n) is 8.11. The van der Waals surface area contributed by atoms with Crippen LogP contribution in [0, 0.1) is 11.7 Å². The van der Waals surface area contributed by atoms with Gasteiger partial charge in [0.05, 0.1) is 35.6 Å². The molecule has 0 N–H and O–H groups in total. The van der Waals surface area contributed by atoms with Gasteiger partial charge in [-0.3, -0.25) is 9.59 Å². The van der Waals surface area contributed by atoms with Gasteiger partial charge in [0, 0.05) is 41.2 Å². The smallest absolute Gasteiger partial charge is 0.325 e. The van der Waals surface area contributed by atoms with Crippen molar-refractivity contribution < 1.29 is 28.0 Å². The van der Waals surface area contributed by atoms with Crippen LogP contribution in [0.1, 0.15) is 42.9 Å². The van der Waals surface area contributed by atoms with Gasteiger partial charge in [0.1, 0.15) is 23.8 Å². The molecule has 40 heavy (non-hydrogen) atoms. The molecule has 2 aliphatic carbocycles. The van der Waals surface area contributed by atoms with E-state index in [1.807, 2.05) is 0 Å². The summed E-state index contributed by atoms with van der Waals surface area (Å²) in [5, 5.41) is 5.38. The third-order valence-corrected chi connectivity index (χ3v) is 8.74. The van der Waals surface area contributed by atoms with Crippen molar-refractivity contribution in [1.29, 1.82) is 0 Å². The molecular weight excluding hydrogens is 560 g/mol. The first-order valence-electron chi connectivity index (χ1n) is 13.3. The minimum atomic E-state index is -0.629. The van der Waals surface area contributed by atoms with Crippen molar-refractivity contribution in [2.24, 2.45) is 5.92 Å². The number of carbonyl (C=O) groups is 2. The Balaban J connectivity index is 1.14. The Morgan fingerprint density at radius 3 is 2.62 bits per heavy atom. The second kappa shape index (κ2) is 11.0. The van der Waals surface area contributed by atoms with Crippen LogP contribution in [0.15, 0.2) is 40.9 Å². The maximum Gasteiger partial charge on any atom is 0.325 e. The number of halogens is 3. The van der Waals surface area contributed by atoms with Gasteiger partial charge in [-0.2, -0.15) is 0 Å². The minimum Gasteiger partial charge on any atom is -0.468 e. The van der Waals surface area contributed by atoms with Crippen LogP contribution in [-0.2, 0) is 25.7 Å². The fourth-order valence-corrected chi connectivity index (χ4v) is 6.53. The summed E-state index contributed by atoms with van der Waals surface area (Å²) in [4.78, 5) is 26.2. The zero-order valence-electron chi connectivity index (χ0n) is 21.8. The zero-order valence-corrected chi connectivity index (χ0v) is 23.3. The highest BCUT2D eigenvalue weighted by Gasteiger charge is 2.46. The first-order chi connectivity index (χ1) is 19.4. The largest absolute Gasteiger partial charge is 0.468 e. The lowest BCUT2D eigenvalue weighted by Crippen LogP contribution is -2.38. The molecule has 0 unspecified atom stereocenters. The monoisotopic (exact) mass is 587 g/mol. The second-order valence-corrected chi connectivity index (χ2v) is 11.4. The molecule has 2 heterocycles. The van der Waals surface area contributed by atoms with Crippen LogP contribution in [0.25, 0.3) is 11.3 Å². The molecule has 3 fully saturated rings. The Bertz CT molecular complexity index is 1420. The zero-order chi connectivity index (χ0) is 28.0. The summed E-state index contributed by atoms with van der Waals surface area (Å²) in [6.45, 7) is 0.726. The summed E-state index contributed by atoms with van der Waals surface area (Å²) in [5.41, 5.74) is 2.96. The number of rotatable bonds is 10. The summed E-state index contributed by atoms with van der Waals surface area (Å²) in [5.74, 6) is 0.279. The lowest BCUT2D eigenvalue weighted by atomic mass is 10.0. The molecular formula is C29H28Cl2FN3O5. The maximum atomic E-state index is 15.0. The lowest BCUT2D eigenvalue weighted by Gasteiger charge is -2.33. The molecule has 1 aliphatic heterocycles. The molecule has 3 atom stereocenters. The number of nitrogens with zero attached hydrogens (tertiary/aromatic N) is 3. The number of methoxy groups -OCH3 is 1. The van der Waals surface area contributed by atoms with Crippen LogP contribution in [0.2, 0.25) is 10.0 Å². The van der Waals surface area contributed by atoms with Crippen LogP contribution >= 0.6 is 23.2 Å². The van der Waals surface area contributed by atoms with E-state index in [9.17, 15) is 14.0 Å². The summed E-state index contributed by atoms with van der Waals surface area (Å²) in [6, 6.07) is 10.3. The number of fused-ring (bicyclic) bond motifs is 2. The number of amides is 1. The van der Waals surface area contributed by atoms with Crippen molar-refractivity contribution in [3.63, 3.8) is 0 Å². The van der Waals surface area contributed by atoms with E-state index in [1.165, 1.54) is 19.2 Å². The van der Waals surface area contributed by atoms with Gasteiger partial charge < -0.3 is 23.8 Å². The van der Waals surface area contributed by atoms with E-state index in [4.69, 9.17) is 32.5 Å². The first kappa shape index (κ1) is 27.1. The van der Waals surface area contributed by atoms with Crippen LogP contribution < -0.4 is 9.80 Å². The van der Waals surface area contributed by atoms with Gasteiger partial charge in [-0.05, 0) is 56.0 Å². The van der Waals surface area contributed by atoms with E-state index in [0.29, 0.717) is 40.2 Å². The summed E-state index contributed by atoms with van der Waals surface area (Å²) in [6.07, 6.45) is 4.34. The number of hydrogen-bond acceptors (Lipinski definition) is 7. The van der Waals surface area contributed by atoms with Crippen LogP contribution in [-0.4, -0.2) is 49.9 Å². The van der Waals surface area contributed by atoms with E-state index in [1.54, 1.807) is 24.3 Å². The highest BCUT2D eigenvalue weighted by molar-refractivity contribution is 6.39. The summed E-state index contributed by atoms with van der Waals surface area (Å²) < 4.78 is 31.8. The van der Waals surface area contributed by atoms with E-state index < -0.39 is 11.8 Å². The normalized spacial score (nSPS) is 21.6. The van der Waals surface area contributed by atoms with E-state index in [-0.39, 0.29) is 30.3 Å². The van der Waals surface area contributed by atoms with Crippen molar-refractivity contribution in [2.45, 2.75) is 50.4 Å². The van der Waals surface area contributed by atoms with Gasteiger partial charge in [-0.25, -0.2) is 4.39 Å². The standard InChI is InChI=1S/C29H28Cl2FN3O5/c1-38-26(37)13-34(15-36)24-8-7-18(10-23(24)32)35-12-17-9-19(35)11-25(17)39-14-20-28(33-40-29(20)16-5-6-16)27-21(30)3-2-4-22(27)31/h2-4,7-8,10,15-17,19,25H,5-6,9,11-14H2,1H3/t17-,19-,25+/m0/s1. The number of hydrogen-bond donors (Lipinski definition) is 0. The van der Waals surface area contributed by atoms with Gasteiger partial charge >= 0.3 is 5.97 Å². The Hall–Kier alpha value is -3.14. The van der Waals surface area contributed by atoms with Crippen LogP contribution in [0.3, 0.4) is 0 Å². The highest BCUT2D eigenvalue weighted by atomic mass is 35.5. The Morgan fingerprint density at radius 2 is 2.00 bits per heavy atom. The van der Waals surface area contributed by atoms with Crippen molar-refractivity contribution in [3.05, 3.63) is 63.6 Å². The maximum absolute atomic E-state index is 15.0. The van der Waals surface area contributed by atoms with Gasteiger partial charge in [-0.15, -0.1) is 0 Å². The number of ether oxygens (including phenoxy) is 2. The predicted molar refractivity (Wildman–Crippen MR) is 148 cm³/mol. The molecule has 2 bridgehead atoms. The van der Waals surface area contributed by atoms with E-state index >= 15 is 0 Å². The average molecular weight is 588 g/mol. The molecule has 1 saturated heterocycles. The molecule has 1 amide bonds. The Kier molecular flexibility index (Phi) is 7.46. The van der Waals surface area contributed by atoms with Gasteiger partial charge in [0.25, 0.3) is 0 Å². The van der Waals surface area contributed by atoms with Gasteiger partial charge in [0.2, 0.25) is 6.41 Å². The SMILES string of the molecule is COC(=O)CN(C=O)c1ccc(N2C[C@@H]3C[C@H]2C[C@H]3OCc2c(-c3c(Cl)cccc3Cl)noc2C2CC2)cc1F. The number of aromatic nitrogens is 1. The second-order valence-electron chi connectivity index (χ2n) is 10.6. The Morgan fingerprint density at radius 1 is 1.23 bits per heavy atom. The molecule has 210 valence electrons. The average Bonchev–Trinajstić information content (AvgIpc) is 3.40. The molecule has 2 saturated carbocycles. The molecule has 1 aromatic heterocycles. The number of carbonyl (C=O) groups excluding carboxylic acids is 2. The molecule has 8 nitrogen and oxygen atoms in total. The number of piperidine rings is 1. The van der Waals surface area contributed by atoms with Crippen molar-refractivity contribution in [2.75, 3.05) is 30.0 Å². The van der Waals surface area contributed by atoms with Crippen molar-refractivity contribution >= 4 is 47.0 Å².